The van der Waals surface area contributed by atoms with Crippen molar-refractivity contribution in [1.82, 2.24) is 15.6 Å². The van der Waals surface area contributed by atoms with Gasteiger partial charge in [0.2, 0.25) is 0 Å². The maximum absolute atomic E-state index is 4.88. The van der Waals surface area contributed by atoms with Crippen LogP contribution in [0.5, 0.6) is 0 Å². The summed E-state index contributed by atoms with van der Waals surface area (Å²) in [7, 11) is 3.81. The molecule has 0 aliphatic carbocycles. The van der Waals surface area contributed by atoms with Crippen LogP contribution in [0.2, 0.25) is 0 Å². The second-order valence-electron chi connectivity index (χ2n) is 2.74. The molecule has 0 aromatic rings. The van der Waals surface area contributed by atoms with Crippen LogP contribution in [0.3, 0.4) is 0 Å². The third-order valence-electron chi connectivity index (χ3n) is 1.85. The molecule has 1 aliphatic rings. The summed E-state index contributed by atoms with van der Waals surface area (Å²) in [6, 6.07) is 0. The van der Waals surface area contributed by atoms with E-state index in [1.54, 1.807) is 7.05 Å². The first-order valence-electron chi connectivity index (χ1n) is 3.99. The minimum Gasteiger partial charge on any atom is -0.364 e. The zero-order valence-corrected chi connectivity index (χ0v) is 8.24. The highest BCUT2D eigenvalue weighted by atomic mass is 32.1. The van der Waals surface area contributed by atoms with E-state index < -0.39 is 0 Å². The molecule has 68 valence electrons. The molecule has 1 aliphatic heterocycles. The van der Waals surface area contributed by atoms with Gasteiger partial charge in [-0.3, -0.25) is 5.43 Å². The van der Waals surface area contributed by atoms with E-state index in [0.29, 0.717) is 5.11 Å². The zero-order valence-electron chi connectivity index (χ0n) is 7.42. The van der Waals surface area contributed by atoms with Gasteiger partial charge in [0.25, 0.3) is 0 Å². The molecule has 1 rings (SSSR count). The highest BCUT2D eigenvalue weighted by Crippen LogP contribution is 2.07. The van der Waals surface area contributed by atoms with Gasteiger partial charge in [-0.15, -0.1) is 0 Å². The van der Waals surface area contributed by atoms with E-state index in [0.717, 1.165) is 18.8 Å². The van der Waals surface area contributed by atoms with Crippen molar-refractivity contribution in [2.75, 3.05) is 20.6 Å². The summed E-state index contributed by atoms with van der Waals surface area (Å²) in [5.41, 5.74) is 2.77. The number of nitrogens with zero attached hydrogens (tertiary/aromatic N) is 2. The van der Waals surface area contributed by atoms with Crippen LogP contribution in [0.1, 0.15) is 12.8 Å². The maximum Gasteiger partial charge on any atom is 0.186 e. The first kappa shape index (κ1) is 9.25. The van der Waals surface area contributed by atoms with E-state index >= 15 is 0 Å². The van der Waals surface area contributed by atoms with Gasteiger partial charge < -0.3 is 10.2 Å². The SMILES string of the molecule is CNC(=S)N/N=C1/CCCN1C. The van der Waals surface area contributed by atoms with Gasteiger partial charge in [-0.25, -0.2) is 0 Å². The Morgan fingerprint density at radius 3 is 2.92 bits per heavy atom. The molecule has 0 spiro atoms. The number of hydrogen-bond donors (Lipinski definition) is 2. The number of likely N-dealkylation sites (tertiary alicyclic amines) is 1. The smallest absolute Gasteiger partial charge is 0.186 e. The second-order valence-corrected chi connectivity index (χ2v) is 3.15. The Bertz CT molecular complexity index is 202. The molecular weight excluding hydrogens is 172 g/mol. The number of amidine groups is 1. The summed E-state index contributed by atoms with van der Waals surface area (Å²) >= 11 is 4.88. The van der Waals surface area contributed by atoms with Gasteiger partial charge in [-0.1, -0.05) is 0 Å². The van der Waals surface area contributed by atoms with E-state index in [2.05, 4.69) is 20.7 Å². The predicted octanol–water partition coefficient (Wildman–Crippen LogP) is 0.119. The van der Waals surface area contributed by atoms with Gasteiger partial charge in [0.1, 0.15) is 5.84 Å². The molecule has 0 bridgehead atoms. The summed E-state index contributed by atoms with van der Waals surface area (Å²) in [6.45, 7) is 1.09. The van der Waals surface area contributed by atoms with Crippen molar-refractivity contribution >= 4 is 23.2 Å². The Balaban J connectivity index is 2.40. The molecule has 0 atom stereocenters. The molecule has 0 aromatic carbocycles. The summed E-state index contributed by atoms with van der Waals surface area (Å²) < 4.78 is 0. The fourth-order valence-corrected chi connectivity index (χ4v) is 1.15. The lowest BCUT2D eigenvalue weighted by Crippen LogP contribution is -2.31. The van der Waals surface area contributed by atoms with Crippen LogP contribution < -0.4 is 10.7 Å². The standard InChI is InChI=1S/C7H14N4S/c1-8-7(12)10-9-6-4-3-5-11(6)2/h3-5H2,1-2H3,(H2,8,10,12)/b9-6-. The number of rotatable bonds is 1. The maximum atomic E-state index is 4.88. The molecule has 1 fully saturated rings. The van der Waals surface area contributed by atoms with E-state index in [1.165, 1.54) is 6.42 Å². The normalized spacial score (nSPS) is 19.8. The molecule has 1 heterocycles. The summed E-state index contributed by atoms with van der Waals surface area (Å²) in [5, 5.41) is 7.52. The highest BCUT2D eigenvalue weighted by molar-refractivity contribution is 7.80. The number of nitrogens with one attached hydrogen (secondary N) is 2. The minimum atomic E-state index is 0.558. The Labute approximate surface area is 78.0 Å². The lowest BCUT2D eigenvalue weighted by molar-refractivity contribution is 0.546. The van der Waals surface area contributed by atoms with Crippen molar-refractivity contribution in [3.63, 3.8) is 0 Å². The van der Waals surface area contributed by atoms with Crippen LogP contribution >= 0.6 is 12.2 Å². The van der Waals surface area contributed by atoms with Crippen molar-refractivity contribution in [3.8, 4) is 0 Å². The van der Waals surface area contributed by atoms with Crippen molar-refractivity contribution in [3.05, 3.63) is 0 Å². The average Bonchev–Trinajstić information content (AvgIpc) is 2.47. The fraction of sp³-hybridized carbons (Fsp3) is 0.714. The number of hydrazone groups is 1. The van der Waals surface area contributed by atoms with Crippen molar-refractivity contribution in [2.24, 2.45) is 5.10 Å². The zero-order chi connectivity index (χ0) is 8.97. The van der Waals surface area contributed by atoms with Crippen LogP contribution in [-0.2, 0) is 0 Å². The molecule has 2 N–H and O–H groups in total. The molecule has 0 aromatic heterocycles. The molecule has 0 radical (unpaired) electrons. The summed E-state index contributed by atoms with van der Waals surface area (Å²) in [6.07, 6.45) is 2.22. The van der Waals surface area contributed by atoms with Gasteiger partial charge in [-0.2, -0.15) is 5.10 Å². The third kappa shape index (κ3) is 2.34. The van der Waals surface area contributed by atoms with Crippen molar-refractivity contribution in [2.45, 2.75) is 12.8 Å². The molecule has 0 amide bonds. The summed E-state index contributed by atoms with van der Waals surface area (Å²) in [4.78, 5) is 2.13. The number of hydrogen-bond acceptors (Lipinski definition) is 2. The Morgan fingerprint density at radius 1 is 1.67 bits per heavy atom. The van der Waals surface area contributed by atoms with E-state index in [1.807, 2.05) is 7.05 Å². The first-order valence-corrected chi connectivity index (χ1v) is 4.40. The first-order chi connectivity index (χ1) is 5.74. The monoisotopic (exact) mass is 186 g/mol. The predicted molar refractivity (Wildman–Crippen MR) is 54.1 cm³/mol. The quantitative estimate of drug-likeness (QED) is 0.451. The van der Waals surface area contributed by atoms with Crippen LogP contribution in [0.4, 0.5) is 0 Å². The largest absolute Gasteiger partial charge is 0.364 e. The van der Waals surface area contributed by atoms with Crippen LogP contribution in [0.15, 0.2) is 5.10 Å². The second kappa shape index (κ2) is 4.25. The molecule has 0 saturated carbocycles. The Morgan fingerprint density at radius 2 is 2.42 bits per heavy atom. The average molecular weight is 186 g/mol. The lowest BCUT2D eigenvalue weighted by Gasteiger charge is -2.11. The molecule has 12 heavy (non-hydrogen) atoms. The van der Waals surface area contributed by atoms with Gasteiger partial charge in [0.15, 0.2) is 5.11 Å². The topological polar surface area (TPSA) is 39.7 Å². The van der Waals surface area contributed by atoms with Crippen molar-refractivity contribution in [1.29, 1.82) is 0 Å². The molecule has 4 nitrogen and oxygen atoms in total. The Hall–Kier alpha value is -0.840. The molecule has 1 saturated heterocycles. The van der Waals surface area contributed by atoms with E-state index in [4.69, 9.17) is 12.2 Å². The van der Waals surface area contributed by atoms with Gasteiger partial charge in [0.05, 0.1) is 0 Å². The van der Waals surface area contributed by atoms with E-state index in [-0.39, 0.29) is 0 Å². The third-order valence-corrected chi connectivity index (χ3v) is 2.14. The fourth-order valence-electron chi connectivity index (χ4n) is 1.11. The van der Waals surface area contributed by atoms with Crippen LogP contribution in [0.25, 0.3) is 0 Å². The lowest BCUT2D eigenvalue weighted by atomic mass is 10.4. The number of thiocarbonyl (C=S) groups is 1. The van der Waals surface area contributed by atoms with E-state index in [9.17, 15) is 0 Å². The van der Waals surface area contributed by atoms with Crippen LogP contribution in [0, 0.1) is 0 Å². The molecule has 5 heteroatoms. The van der Waals surface area contributed by atoms with Gasteiger partial charge in [-0.05, 0) is 18.6 Å². The Kier molecular flexibility index (Phi) is 3.28. The minimum absolute atomic E-state index is 0.558. The van der Waals surface area contributed by atoms with Crippen molar-refractivity contribution < 1.29 is 0 Å². The van der Waals surface area contributed by atoms with Gasteiger partial charge >= 0.3 is 0 Å². The van der Waals surface area contributed by atoms with Crippen LogP contribution in [-0.4, -0.2) is 36.5 Å². The highest BCUT2D eigenvalue weighted by Gasteiger charge is 2.13. The van der Waals surface area contributed by atoms with Gasteiger partial charge in [0, 0.05) is 27.1 Å². The molecular formula is C7H14N4S. The summed E-state index contributed by atoms with van der Waals surface area (Å²) in [5.74, 6) is 1.08. The molecule has 0 unspecified atom stereocenters.